The molecule has 35 heavy (non-hydrogen) atoms. The Morgan fingerprint density at radius 3 is 2.63 bits per heavy atom. The molecule has 1 atom stereocenters. The van der Waals surface area contributed by atoms with E-state index >= 15 is 0 Å². The van der Waals surface area contributed by atoms with Crippen LogP contribution in [0.25, 0.3) is 10.9 Å². The first-order valence-electron chi connectivity index (χ1n) is 11.9. The van der Waals surface area contributed by atoms with Gasteiger partial charge >= 0.3 is 5.97 Å². The Morgan fingerprint density at radius 1 is 1.11 bits per heavy atom. The van der Waals surface area contributed by atoms with Gasteiger partial charge in [0.2, 0.25) is 10.0 Å². The van der Waals surface area contributed by atoms with Gasteiger partial charge in [-0.2, -0.15) is 4.72 Å². The van der Waals surface area contributed by atoms with Crippen LogP contribution in [0.4, 0.5) is 0 Å². The number of fused-ring (bicyclic) bond motifs is 1. The van der Waals surface area contributed by atoms with Crippen molar-refractivity contribution < 1.29 is 23.1 Å². The number of benzene rings is 2. The number of aliphatic carboxylic acids is 1. The van der Waals surface area contributed by atoms with Gasteiger partial charge in [-0.1, -0.05) is 18.2 Å². The molecule has 10 heteroatoms. The fraction of sp³-hybridized carbons (Fsp3) is 0.400. The Labute approximate surface area is 205 Å². The average Bonchev–Trinajstić information content (AvgIpc) is 3.26. The summed E-state index contributed by atoms with van der Waals surface area (Å²) < 4.78 is 33.6. The van der Waals surface area contributed by atoms with E-state index in [1.165, 1.54) is 12.1 Å². The molecule has 3 aromatic rings. The van der Waals surface area contributed by atoms with Gasteiger partial charge < -0.3 is 25.0 Å². The number of carbonyl (C=O) groups is 1. The quantitative estimate of drug-likeness (QED) is 0.281. The van der Waals surface area contributed by atoms with Gasteiger partial charge in [-0.3, -0.25) is 4.79 Å². The molecule has 0 unspecified atom stereocenters. The highest BCUT2D eigenvalue weighted by Crippen LogP contribution is 2.25. The number of hydrogen-bond acceptors (Lipinski definition) is 6. The van der Waals surface area contributed by atoms with Crippen molar-refractivity contribution in [2.24, 2.45) is 0 Å². The molecule has 0 radical (unpaired) electrons. The van der Waals surface area contributed by atoms with Crippen molar-refractivity contribution in [3.63, 3.8) is 0 Å². The third kappa shape index (κ3) is 6.82. The van der Waals surface area contributed by atoms with Gasteiger partial charge in [0.1, 0.15) is 11.8 Å². The summed E-state index contributed by atoms with van der Waals surface area (Å²) in [5, 5.41) is 13.9. The van der Waals surface area contributed by atoms with E-state index < -0.39 is 22.0 Å². The Kier molecular flexibility index (Phi) is 8.40. The normalized spacial score (nSPS) is 15.8. The number of ether oxygens (including phenoxy) is 1. The Balaban J connectivity index is 1.37. The molecule has 0 saturated carbocycles. The molecule has 0 amide bonds. The van der Waals surface area contributed by atoms with Crippen molar-refractivity contribution >= 4 is 26.9 Å². The van der Waals surface area contributed by atoms with E-state index in [9.17, 15) is 18.3 Å². The number of unbranched alkanes of at least 4 members (excludes halogenated alkanes) is 1. The molecule has 1 fully saturated rings. The van der Waals surface area contributed by atoms with Crippen LogP contribution < -0.4 is 14.8 Å². The molecule has 1 aliphatic rings. The summed E-state index contributed by atoms with van der Waals surface area (Å²) in [4.78, 5) is 17.5. The fourth-order valence-electron chi connectivity index (χ4n) is 4.23. The third-order valence-electron chi connectivity index (χ3n) is 6.16. The molecule has 0 bridgehead atoms. The number of nitrogens with one attached hydrogen (secondary N) is 3. The van der Waals surface area contributed by atoms with Crippen molar-refractivity contribution in [3.8, 4) is 5.75 Å². The molecular formula is C25H32N4O5S. The summed E-state index contributed by atoms with van der Waals surface area (Å²) in [6, 6.07) is 12.1. The van der Waals surface area contributed by atoms with E-state index in [1.54, 1.807) is 24.4 Å². The molecule has 0 spiro atoms. The average molecular weight is 501 g/mol. The maximum atomic E-state index is 12.7. The number of nitrogens with zero attached hydrogens (tertiary/aromatic N) is 1. The maximum Gasteiger partial charge on any atom is 0.322 e. The lowest BCUT2D eigenvalue weighted by molar-refractivity contribution is -0.138. The van der Waals surface area contributed by atoms with Crippen LogP contribution in [0.5, 0.6) is 5.75 Å². The zero-order chi connectivity index (χ0) is 24.7. The van der Waals surface area contributed by atoms with Crippen LogP contribution in [0.15, 0.2) is 59.6 Å². The van der Waals surface area contributed by atoms with Crippen molar-refractivity contribution in [2.75, 3.05) is 39.3 Å². The summed E-state index contributed by atoms with van der Waals surface area (Å²) in [5.41, 5.74) is 1.54. The maximum absolute atomic E-state index is 12.7. The number of carboxylic acids is 1. The van der Waals surface area contributed by atoms with Crippen LogP contribution in [0.2, 0.25) is 0 Å². The number of aromatic nitrogens is 1. The van der Waals surface area contributed by atoms with E-state index in [0.29, 0.717) is 17.9 Å². The standard InChI is InChI=1S/C25H32N4O5S/c30-25(31)24(28-35(32,33)21-6-2-1-3-7-21)16-19-18-27-23-9-8-20(17-22(19)23)34-15-5-4-12-29-13-10-26-11-14-29/h1-3,6-9,17-18,24,26-28H,4-5,10-16H2,(H,30,31)/t24-/m0/s1. The predicted octanol–water partition coefficient (Wildman–Crippen LogP) is 2.21. The van der Waals surface area contributed by atoms with Crippen LogP contribution in [-0.4, -0.2) is 74.8 Å². The van der Waals surface area contributed by atoms with Crippen molar-refractivity contribution in [1.82, 2.24) is 19.9 Å². The number of H-pyrrole nitrogens is 1. The van der Waals surface area contributed by atoms with Gasteiger partial charge in [-0.25, -0.2) is 8.42 Å². The monoisotopic (exact) mass is 500 g/mol. The van der Waals surface area contributed by atoms with Crippen molar-refractivity contribution in [1.29, 1.82) is 0 Å². The third-order valence-corrected chi connectivity index (χ3v) is 7.65. The van der Waals surface area contributed by atoms with E-state index in [2.05, 4.69) is 19.9 Å². The summed E-state index contributed by atoms with van der Waals surface area (Å²) in [7, 11) is -3.97. The first-order chi connectivity index (χ1) is 16.9. The summed E-state index contributed by atoms with van der Waals surface area (Å²) in [6.07, 6.45) is 3.73. The number of rotatable bonds is 12. The van der Waals surface area contributed by atoms with Gasteiger partial charge in [-0.15, -0.1) is 0 Å². The predicted molar refractivity (Wildman–Crippen MR) is 134 cm³/mol. The second-order valence-electron chi connectivity index (χ2n) is 8.70. The molecule has 2 heterocycles. The first-order valence-corrected chi connectivity index (χ1v) is 13.4. The lowest BCUT2D eigenvalue weighted by Gasteiger charge is -2.26. The molecule has 1 saturated heterocycles. The number of hydrogen-bond donors (Lipinski definition) is 4. The van der Waals surface area contributed by atoms with Gasteiger partial charge in [0, 0.05) is 49.7 Å². The smallest absolute Gasteiger partial charge is 0.322 e. The highest BCUT2D eigenvalue weighted by atomic mass is 32.2. The first kappa shape index (κ1) is 25.2. The summed E-state index contributed by atoms with van der Waals surface area (Å²) in [6.45, 7) is 5.95. The zero-order valence-electron chi connectivity index (χ0n) is 19.6. The highest BCUT2D eigenvalue weighted by Gasteiger charge is 2.26. The van der Waals surface area contributed by atoms with Gasteiger partial charge in [0.15, 0.2) is 0 Å². The largest absolute Gasteiger partial charge is 0.494 e. The van der Waals surface area contributed by atoms with Crippen LogP contribution in [-0.2, 0) is 21.2 Å². The lowest BCUT2D eigenvalue weighted by Crippen LogP contribution is -2.43. The minimum Gasteiger partial charge on any atom is -0.494 e. The van der Waals surface area contributed by atoms with Gasteiger partial charge in [0.05, 0.1) is 11.5 Å². The Hall–Kier alpha value is -2.92. The zero-order valence-corrected chi connectivity index (χ0v) is 20.4. The van der Waals surface area contributed by atoms with E-state index in [1.807, 2.05) is 18.2 Å². The fourth-order valence-corrected chi connectivity index (χ4v) is 5.44. The van der Waals surface area contributed by atoms with Crippen molar-refractivity contribution in [2.45, 2.75) is 30.2 Å². The molecule has 188 valence electrons. The van der Waals surface area contributed by atoms with Crippen molar-refractivity contribution in [3.05, 3.63) is 60.3 Å². The van der Waals surface area contributed by atoms with Gasteiger partial charge in [-0.05, 0) is 55.3 Å². The SMILES string of the molecule is O=C(O)[C@H](Cc1c[nH]c2ccc(OCCCCN3CCNCC3)cc12)NS(=O)(=O)c1ccccc1. The Bertz CT molecular complexity index is 1220. The summed E-state index contributed by atoms with van der Waals surface area (Å²) >= 11 is 0. The van der Waals surface area contributed by atoms with Crippen LogP contribution >= 0.6 is 0 Å². The Morgan fingerprint density at radius 2 is 1.89 bits per heavy atom. The molecule has 1 aromatic heterocycles. The minimum absolute atomic E-state index is 0.00442. The molecular weight excluding hydrogens is 468 g/mol. The molecule has 4 rings (SSSR count). The van der Waals surface area contributed by atoms with E-state index in [4.69, 9.17) is 4.74 Å². The molecule has 1 aliphatic heterocycles. The number of sulfonamides is 1. The molecule has 4 N–H and O–H groups in total. The van der Waals surface area contributed by atoms with Crippen LogP contribution in [0.1, 0.15) is 18.4 Å². The lowest BCUT2D eigenvalue weighted by atomic mass is 10.1. The van der Waals surface area contributed by atoms with Crippen LogP contribution in [0, 0.1) is 0 Å². The second kappa shape index (κ2) is 11.7. The molecule has 0 aliphatic carbocycles. The molecule has 9 nitrogen and oxygen atoms in total. The van der Waals surface area contributed by atoms with Gasteiger partial charge in [0.25, 0.3) is 0 Å². The minimum atomic E-state index is -3.97. The summed E-state index contributed by atoms with van der Waals surface area (Å²) in [5.74, 6) is -0.534. The van der Waals surface area contributed by atoms with E-state index in [-0.39, 0.29) is 11.3 Å². The highest BCUT2D eigenvalue weighted by molar-refractivity contribution is 7.89. The molecule has 2 aromatic carbocycles. The second-order valence-corrected chi connectivity index (χ2v) is 10.4. The van der Waals surface area contributed by atoms with Crippen LogP contribution in [0.3, 0.4) is 0 Å². The number of carboxylic acid groups (broad SMARTS) is 1. The topological polar surface area (TPSA) is 124 Å². The number of aromatic amines is 1. The van der Waals surface area contributed by atoms with E-state index in [0.717, 1.165) is 56.5 Å². The number of piperazine rings is 1.